The minimum Gasteiger partial charge on any atom is -0.395 e. The maximum Gasteiger partial charge on any atom is 0.245 e. The number of nitrogens with one attached hydrogen (secondary N) is 1. The third-order valence-corrected chi connectivity index (χ3v) is 10.8. The molecule has 2 saturated heterocycles. The molecule has 2 aromatic carbocycles. The molecule has 15 nitrogen and oxygen atoms in total. The lowest BCUT2D eigenvalue weighted by Crippen LogP contribution is -2.51. The molecule has 7 heterocycles. The number of carbonyl (C=O) groups is 1. The summed E-state index contributed by atoms with van der Waals surface area (Å²) in [5.41, 5.74) is 1.39. The van der Waals surface area contributed by atoms with E-state index in [-0.39, 0.29) is 61.9 Å². The molecule has 0 unspecified atom stereocenters. The standard InChI is InChI=1S/C38H38F3N11O4/c1-4-56-24-15-49(3)35(54)31-12-23(45-37-42-8-7-28(46-37)25-9-22(40)11-29-32(25)50(16-24)20(2)44-29)14-51(31)33-26-13-43-52(30-6-5-21(39)10-27(30)41)34(26)48-36(47-33)38(17-53)18-55-19-38/h5-11,13,23-24,31,53H,4,12,14-19H2,1-3H3,(H,42,45,46)/t23-,24-,31-/m0/s1. The number of hydrogen-bond acceptors (Lipinski definition) is 12. The van der Waals surface area contributed by atoms with Crippen molar-refractivity contribution in [1.29, 1.82) is 0 Å². The number of imidazole rings is 1. The molecule has 56 heavy (non-hydrogen) atoms. The Kier molecular flexibility index (Phi) is 8.85. The smallest absolute Gasteiger partial charge is 0.245 e. The molecule has 2 fully saturated rings. The molecule has 1 amide bonds. The Labute approximate surface area is 318 Å². The summed E-state index contributed by atoms with van der Waals surface area (Å²) in [6.45, 7) is 4.86. The minimum atomic E-state index is -0.952. The summed E-state index contributed by atoms with van der Waals surface area (Å²) in [5.74, 6) is -0.775. The van der Waals surface area contributed by atoms with Gasteiger partial charge in [0, 0.05) is 56.7 Å². The molecule has 0 radical (unpaired) electrons. The molecular weight excluding hydrogens is 731 g/mol. The first-order valence-corrected chi connectivity index (χ1v) is 18.4. The lowest BCUT2D eigenvalue weighted by molar-refractivity contribution is -0.133. The van der Waals surface area contributed by atoms with Crippen LogP contribution in [0.3, 0.4) is 0 Å². The van der Waals surface area contributed by atoms with Gasteiger partial charge in [-0.1, -0.05) is 0 Å². The van der Waals surface area contributed by atoms with Crippen LogP contribution in [-0.2, 0) is 26.2 Å². The van der Waals surface area contributed by atoms with E-state index in [1.54, 1.807) is 24.2 Å². The Morgan fingerprint density at radius 3 is 2.62 bits per heavy atom. The zero-order valence-corrected chi connectivity index (χ0v) is 30.8. The lowest BCUT2D eigenvalue weighted by atomic mass is 9.86. The highest BCUT2D eigenvalue weighted by Gasteiger charge is 2.46. The highest BCUT2D eigenvalue weighted by atomic mass is 19.1. The average molecular weight is 770 g/mol. The van der Waals surface area contributed by atoms with Crippen molar-refractivity contribution in [2.75, 3.05) is 56.8 Å². The van der Waals surface area contributed by atoms with Gasteiger partial charge in [0.2, 0.25) is 11.9 Å². The molecule has 290 valence electrons. The van der Waals surface area contributed by atoms with E-state index in [1.165, 1.54) is 29.1 Å². The van der Waals surface area contributed by atoms with Crippen LogP contribution in [0.2, 0.25) is 0 Å². The molecule has 3 atom stereocenters. The molecule has 9 rings (SSSR count). The van der Waals surface area contributed by atoms with E-state index in [2.05, 4.69) is 20.4 Å². The fourth-order valence-electron chi connectivity index (χ4n) is 8.01. The van der Waals surface area contributed by atoms with Gasteiger partial charge in [-0.05, 0) is 44.5 Å². The van der Waals surface area contributed by atoms with Crippen LogP contribution in [0.5, 0.6) is 0 Å². The average Bonchev–Trinajstić information content (AvgIpc) is 3.85. The van der Waals surface area contributed by atoms with Gasteiger partial charge in [-0.15, -0.1) is 0 Å². The van der Waals surface area contributed by atoms with Crippen LogP contribution in [0.25, 0.3) is 39.0 Å². The molecule has 2 N–H and O–H groups in total. The second-order valence-electron chi connectivity index (χ2n) is 14.6. The Morgan fingerprint density at radius 2 is 1.88 bits per heavy atom. The van der Waals surface area contributed by atoms with E-state index in [0.29, 0.717) is 58.9 Å². The number of aromatic nitrogens is 8. The number of ether oxygens (including phenoxy) is 2. The summed E-state index contributed by atoms with van der Waals surface area (Å²) in [6.07, 6.45) is 2.92. The van der Waals surface area contributed by atoms with Gasteiger partial charge in [-0.2, -0.15) is 5.10 Å². The van der Waals surface area contributed by atoms with Gasteiger partial charge in [0.15, 0.2) is 11.5 Å². The second-order valence-corrected chi connectivity index (χ2v) is 14.6. The number of hydrogen-bond donors (Lipinski definition) is 2. The Morgan fingerprint density at radius 1 is 1.04 bits per heavy atom. The zero-order chi connectivity index (χ0) is 38.9. The lowest BCUT2D eigenvalue weighted by Gasteiger charge is -2.39. The van der Waals surface area contributed by atoms with Crippen LogP contribution >= 0.6 is 0 Å². The second kappa shape index (κ2) is 13.8. The molecule has 18 heteroatoms. The molecule has 0 spiro atoms. The first-order chi connectivity index (χ1) is 27.1. The van der Waals surface area contributed by atoms with E-state index in [1.807, 2.05) is 23.3 Å². The first-order valence-electron chi connectivity index (χ1n) is 18.4. The van der Waals surface area contributed by atoms with E-state index in [9.17, 15) is 14.3 Å². The molecule has 3 aliphatic heterocycles. The number of rotatable bonds is 6. The van der Waals surface area contributed by atoms with Crippen LogP contribution in [-0.4, -0.2) is 120 Å². The fraction of sp³-hybridized carbons (Fsp3) is 0.395. The van der Waals surface area contributed by atoms with Crippen LogP contribution in [0.1, 0.15) is 25.0 Å². The maximum absolute atomic E-state index is 15.2. The van der Waals surface area contributed by atoms with Crippen molar-refractivity contribution >= 4 is 39.7 Å². The van der Waals surface area contributed by atoms with Crippen LogP contribution in [0.15, 0.2) is 48.8 Å². The summed E-state index contributed by atoms with van der Waals surface area (Å²) < 4.78 is 59.3. The summed E-state index contributed by atoms with van der Waals surface area (Å²) in [6, 6.07) is 6.54. The number of amides is 1. The number of aliphatic hydroxyl groups is 1. The van der Waals surface area contributed by atoms with Gasteiger partial charge >= 0.3 is 0 Å². The van der Waals surface area contributed by atoms with E-state index in [4.69, 9.17) is 24.4 Å². The largest absolute Gasteiger partial charge is 0.395 e. The van der Waals surface area contributed by atoms with Gasteiger partial charge in [0.1, 0.15) is 40.8 Å². The number of halogens is 3. The number of aliphatic hydroxyl groups excluding tert-OH is 1. The number of fused-ring (bicyclic) bond motifs is 6. The number of benzene rings is 2. The number of aryl methyl sites for hydroxylation is 1. The topological polar surface area (TPSA) is 161 Å². The highest BCUT2D eigenvalue weighted by Crippen LogP contribution is 2.38. The monoisotopic (exact) mass is 769 g/mol. The van der Waals surface area contributed by atoms with Crippen molar-refractivity contribution < 1.29 is 32.5 Å². The predicted octanol–water partition coefficient (Wildman–Crippen LogP) is 3.54. The highest BCUT2D eigenvalue weighted by molar-refractivity contribution is 5.94. The van der Waals surface area contributed by atoms with Crippen molar-refractivity contribution in [3.8, 4) is 16.9 Å². The van der Waals surface area contributed by atoms with Gasteiger partial charge < -0.3 is 34.3 Å². The van der Waals surface area contributed by atoms with Gasteiger partial charge in [0.25, 0.3) is 0 Å². The normalized spacial score (nSPS) is 20.9. The van der Waals surface area contributed by atoms with E-state index >= 15 is 8.78 Å². The molecule has 0 saturated carbocycles. The zero-order valence-electron chi connectivity index (χ0n) is 30.8. The Hall–Kier alpha value is -5.72. The fourth-order valence-corrected chi connectivity index (χ4v) is 8.01. The van der Waals surface area contributed by atoms with Crippen molar-refractivity contribution in [3.63, 3.8) is 0 Å². The van der Waals surface area contributed by atoms with Crippen LogP contribution in [0.4, 0.5) is 24.9 Å². The summed E-state index contributed by atoms with van der Waals surface area (Å²) in [5, 5.41) is 18.8. The van der Waals surface area contributed by atoms with Crippen molar-refractivity contribution in [3.05, 3.63) is 77.9 Å². The summed E-state index contributed by atoms with van der Waals surface area (Å²) in [4.78, 5) is 42.0. The predicted molar refractivity (Wildman–Crippen MR) is 198 cm³/mol. The van der Waals surface area contributed by atoms with Crippen LogP contribution in [0, 0.1) is 24.4 Å². The first kappa shape index (κ1) is 35.9. The molecule has 4 bridgehead atoms. The third-order valence-electron chi connectivity index (χ3n) is 10.8. The van der Waals surface area contributed by atoms with Crippen LogP contribution < -0.4 is 10.2 Å². The van der Waals surface area contributed by atoms with Gasteiger partial charge in [-0.3, -0.25) is 4.79 Å². The Balaban J connectivity index is 1.19. The minimum absolute atomic E-state index is 0.0412. The molecule has 6 aromatic rings. The van der Waals surface area contributed by atoms with E-state index < -0.39 is 41.1 Å². The van der Waals surface area contributed by atoms with Gasteiger partial charge in [0.05, 0.1) is 66.2 Å². The van der Waals surface area contributed by atoms with Gasteiger partial charge in [-0.25, -0.2) is 42.8 Å². The Bertz CT molecular complexity index is 2500. The number of carbonyl (C=O) groups excluding carboxylic acids is 1. The van der Waals surface area contributed by atoms with Crippen molar-refractivity contribution in [2.24, 2.45) is 0 Å². The van der Waals surface area contributed by atoms with E-state index in [0.717, 1.165) is 12.1 Å². The quantitative estimate of drug-likeness (QED) is 0.254. The molecular formula is C38H38F3N11O4. The molecule has 0 aliphatic carbocycles. The SMILES string of the molecule is CCO[C@H]1CN(C)C(=O)[C@@H]2C[C@@H](CN2c2nc(C3(CO)COC3)nc3c2cnn3-c2ccc(F)cc2F)Nc2nccc(n2)-c2cc(F)cc3nc(C)n(c23)C1. The van der Waals surface area contributed by atoms with Crippen molar-refractivity contribution in [1.82, 2.24) is 44.2 Å². The summed E-state index contributed by atoms with van der Waals surface area (Å²) >= 11 is 0. The summed E-state index contributed by atoms with van der Waals surface area (Å²) in [7, 11) is 1.72. The molecule has 3 aliphatic rings. The molecule has 4 aromatic heterocycles. The maximum atomic E-state index is 15.2. The van der Waals surface area contributed by atoms with Crippen molar-refractivity contribution in [2.45, 2.75) is 50.4 Å². The third kappa shape index (κ3) is 5.99. The number of anilines is 2. The number of likely N-dealkylation sites (N-methyl/N-ethyl adjacent to an activating group) is 1. The number of nitrogens with zero attached hydrogens (tertiary/aromatic N) is 10.